The average Bonchev–Trinajstić information content (AvgIpc) is 2.70. The molecule has 0 aliphatic rings. The van der Waals surface area contributed by atoms with E-state index in [1.165, 1.54) is 57.8 Å². The maximum absolute atomic E-state index is 10.4. The van der Waals surface area contributed by atoms with Crippen molar-refractivity contribution in [2.75, 3.05) is 46.1 Å². The number of aliphatic hydroxyl groups is 2. The van der Waals surface area contributed by atoms with E-state index in [0.29, 0.717) is 26.3 Å². The Bertz CT molecular complexity index is 293. The highest BCUT2D eigenvalue weighted by Gasteiger charge is 2.16. The fourth-order valence-electron chi connectivity index (χ4n) is 3.42. The van der Waals surface area contributed by atoms with Gasteiger partial charge in [0.15, 0.2) is 0 Å². The van der Waals surface area contributed by atoms with Crippen molar-refractivity contribution in [3.8, 4) is 0 Å². The minimum absolute atomic E-state index is 0.377. The highest BCUT2D eigenvalue weighted by molar-refractivity contribution is 4.69. The summed E-state index contributed by atoms with van der Waals surface area (Å²) in [7, 11) is 0. The number of aliphatic hydroxyl groups excluding tert-OH is 2. The van der Waals surface area contributed by atoms with Crippen LogP contribution in [0.15, 0.2) is 0 Å². The lowest BCUT2D eigenvalue weighted by Crippen LogP contribution is -2.41. The molecular weight excluding hydrogens is 366 g/mol. The van der Waals surface area contributed by atoms with E-state index in [9.17, 15) is 10.2 Å². The van der Waals surface area contributed by atoms with Gasteiger partial charge in [0.05, 0.1) is 25.4 Å². The van der Waals surface area contributed by atoms with Gasteiger partial charge in [-0.15, -0.1) is 0 Å². The van der Waals surface area contributed by atoms with Crippen LogP contribution in [0.25, 0.3) is 0 Å². The zero-order valence-corrected chi connectivity index (χ0v) is 19.7. The van der Waals surface area contributed by atoms with Crippen LogP contribution in [-0.2, 0) is 9.47 Å². The first-order valence-electron chi connectivity index (χ1n) is 12.4. The first-order valence-corrected chi connectivity index (χ1v) is 12.4. The molecule has 0 saturated carbocycles. The van der Waals surface area contributed by atoms with Gasteiger partial charge < -0.3 is 19.7 Å². The van der Waals surface area contributed by atoms with Gasteiger partial charge in [-0.1, -0.05) is 78.6 Å². The molecule has 0 saturated heterocycles. The fraction of sp³-hybridized carbons (Fsp3) is 1.00. The lowest BCUT2D eigenvalue weighted by Gasteiger charge is -2.27. The minimum Gasteiger partial charge on any atom is -0.389 e. The second kappa shape index (κ2) is 22.5. The van der Waals surface area contributed by atoms with Crippen molar-refractivity contribution < 1.29 is 19.7 Å². The summed E-state index contributed by atoms with van der Waals surface area (Å²) in [6.45, 7) is 10.8. The Morgan fingerprint density at radius 3 is 1.41 bits per heavy atom. The summed E-state index contributed by atoms with van der Waals surface area (Å²) in [6, 6.07) is 0. The van der Waals surface area contributed by atoms with E-state index >= 15 is 0 Å². The molecule has 176 valence electrons. The van der Waals surface area contributed by atoms with Crippen LogP contribution in [0.2, 0.25) is 0 Å². The van der Waals surface area contributed by atoms with Crippen LogP contribution in [0.4, 0.5) is 0 Å². The van der Waals surface area contributed by atoms with E-state index in [1.54, 1.807) is 0 Å². The molecule has 0 amide bonds. The molecular formula is C24H51NO4. The van der Waals surface area contributed by atoms with E-state index in [4.69, 9.17) is 9.47 Å². The van der Waals surface area contributed by atoms with E-state index in [0.717, 1.165) is 39.0 Å². The quantitative estimate of drug-likeness (QED) is 0.234. The molecule has 29 heavy (non-hydrogen) atoms. The van der Waals surface area contributed by atoms with Crippen molar-refractivity contribution >= 4 is 0 Å². The van der Waals surface area contributed by atoms with Gasteiger partial charge in [-0.2, -0.15) is 0 Å². The van der Waals surface area contributed by atoms with Gasteiger partial charge in [0, 0.05) is 26.3 Å². The van der Waals surface area contributed by atoms with Gasteiger partial charge in [0.2, 0.25) is 0 Å². The Morgan fingerprint density at radius 2 is 1.00 bits per heavy atom. The van der Waals surface area contributed by atoms with E-state index < -0.39 is 12.2 Å². The predicted molar refractivity (Wildman–Crippen MR) is 123 cm³/mol. The SMILES string of the molecule is CCCCCCOCC(O)CN(CCCCCC)CC(O)COCCCCCC. The van der Waals surface area contributed by atoms with Crippen molar-refractivity contribution in [3.63, 3.8) is 0 Å². The predicted octanol–water partition coefficient (Wildman–Crippen LogP) is 4.78. The van der Waals surface area contributed by atoms with Crippen molar-refractivity contribution in [2.24, 2.45) is 0 Å². The number of nitrogens with zero attached hydrogens (tertiary/aromatic N) is 1. The van der Waals surface area contributed by atoms with Gasteiger partial charge in [-0.05, 0) is 25.8 Å². The molecule has 0 spiro atoms. The van der Waals surface area contributed by atoms with Crippen LogP contribution in [-0.4, -0.2) is 73.4 Å². The molecule has 5 nitrogen and oxygen atoms in total. The molecule has 0 rings (SSSR count). The number of rotatable bonds is 23. The second-order valence-corrected chi connectivity index (χ2v) is 8.40. The van der Waals surface area contributed by atoms with Crippen LogP contribution in [0, 0.1) is 0 Å². The number of hydrogen-bond donors (Lipinski definition) is 2. The van der Waals surface area contributed by atoms with Crippen LogP contribution >= 0.6 is 0 Å². The van der Waals surface area contributed by atoms with Gasteiger partial charge in [-0.3, -0.25) is 4.90 Å². The standard InChI is InChI=1S/C24H51NO4/c1-4-7-10-13-16-25(19-23(26)21-28-17-14-11-8-5-2)20-24(27)22-29-18-15-12-9-6-3/h23-24,26-27H,4-22H2,1-3H3. The second-order valence-electron chi connectivity index (χ2n) is 8.40. The Labute approximate surface area is 181 Å². The highest BCUT2D eigenvalue weighted by atomic mass is 16.5. The van der Waals surface area contributed by atoms with Crippen LogP contribution in [0.5, 0.6) is 0 Å². The maximum atomic E-state index is 10.4. The number of unbranched alkanes of at least 4 members (excludes halogenated alkanes) is 9. The van der Waals surface area contributed by atoms with Gasteiger partial charge in [0.25, 0.3) is 0 Å². The summed E-state index contributed by atoms with van der Waals surface area (Å²) < 4.78 is 11.3. The van der Waals surface area contributed by atoms with Crippen molar-refractivity contribution in [1.82, 2.24) is 4.90 Å². The molecule has 0 bridgehead atoms. The van der Waals surface area contributed by atoms with Crippen LogP contribution < -0.4 is 0 Å². The first kappa shape index (κ1) is 28.8. The van der Waals surface area contributed by atoms with Crippen molar-refractivity contribution in [3.05, 3.63) is 0 Å². The third-order valence-corrected chi connectivity index (χ3v) is 5.17. The van der Waals surface area contributed by atoms with Crippen molar-refractivity contribution in [2.45, 2.75) is 110 Å². The topological polar surface area (TPSA) is 62.2 Å². The maximum Gasteiger partial charge on any atom is 0.0900 e. The largest absolute Gasteiger partial charge is 0.389 e. The number of hydrogen-bond acceptors (Lipinski definition) is 5. The van der Waals surface area contributed by atoms with Gasteiger partial charge in [-0.25, -0.2) is 0 Å². The Balaban J connectivity index is 4.10. The van der Waals surface area contributed by atoms with Crippen molar-refractivity contribution in [1.29, 1.82) is 0 Å². The lowest BCUT2D eigenvalue weighted by atomic mass is 10.2. The zero-order valence-electron chi connectivity index (χ0n) is 19.7. The smallest absolute Gasteiger partial charge is 0.0900 e. The third-order valence-electron chi connectivity index (χ3n) is 5.17. The molecule has 0 aliphatic heterocycles. The molecule has 2 atom stereocenters. The average molecular weight is 418 g/mol. The first-order chi connectivity index (χ1) is 14.1. The molecule has 2 unspecified atom stereocenters. The van der Waals surface area contributed by atoms with Gasteiger partial charge >= 0.3 is 0 Å². The molecule has 5 heteroatoms. The molecule has 0 heterocycles. The third kappa shape index (κ3) is 20.8. The molecule has 0 aliphatic carbocycles. The summed E-state index contributed by atoms with van der Waals surface area (Å²) in [5.74, 6) is 0. The molecule has 0 radical (unpaired) electrons. The Morgan fingerprint density at radius 1 is 0.586 bits per heavy atom. The molecule has 2 N–H and O–H groups in total. The van der Waals surface area contributed by atoms with E-state index in [2.05, 4.69) is 25.7 Å². The van der Waals surface area contributed by atoms with Crippen LogP contribution in [0.3, 0.4) is 0 Å². The Hall–Kier alpha value is -0.200. The van der Waals surface area contributed by atoms with E-state index in [-0.39, 0.29) is 0 Å². The van der Waals surface area contributed by atoms with Crippen LogP contribution in [0.1, 0.15) is 97.8 Å². The minimum atomic E-state index is -0.505. The molecule has 0 aromatic heterocycles. The summed E-state index contributed by atoms with van der Waals surface area (Å²) in [5, 5.41) is 20.7. The normalized spacial score (nSPS) is 13.9. The summed E-state index contributed by atoms with van der Waals surface area (Å²) >= 11 is 0. The molecule has 0 aromatic rings. The van der Waals surface area contributed by atoms with Gasteiger partial charge in [0.1, 0.15) is 0 Å². The zero-order chi connectivity index (χ0) is 21.6. The molecule has 0 aromatic carbocycles. The monoisotopic (exact) mass is 417 g/mol. The summed E-state index contributed by atoms with van der Waals surface area (Å²) in [6.07, 6.45) is 13.2. The fourth-order valence-corrected chi connectivity index (χ4v) is 3.42. The Kier molecular flexibility index (Phi) is 22.3. The lowest BCUT2D eigenvalue weighted by molar-refractivity contribution is -0.0113. The summed E-state index contributed by atoms with van der Waals surface area (Å²) in [5.41, 5.74) is 0. The summed E-state index contributed by atoms with van der Waals surface area (Å²) in [4.78, 5) is 2.17. The van der Waals surface area contributed by atoms with E-state index in [1.807, 2.05) is 0 Å². The number of ether oxygens (including phenoxy) is 2. The molecule has 0 fully saturated rings. The highest BCUT2D eigenvalue weighted by Crippen LogP contribution is 2.06.